The number of ether oxygens (including phenoxy) is 1. The Bertz CT molecular complexity index is 1620. The summed E-state index contributed by atoms with van der Waals surface area (Å²) in [6.45, 7) is 10.3. The molecule has 0 aliphatic carbocycles. The topological polar surface area (TPSA) is 96.5 Å². The number of amides is 1. The van der Waals surface area contributed by atoms with E-state index in [0.29, 0.717) is 17.1 Å². The maximum absolute atomic E-state index is 13.4. The van der Waals surface area contributed by atoms with E-state index in [4.69, 9.17) is 4.74 Å². The summed E-state index contributed by atoms with van der Waals surface area (Å²) < 4.78 is 7.37. The molecule has 0 bridgehead atoms. The molecule has 0 saturated heterocycles. The van der Waals surface area contributed by atoms with Crippen LogP contribution in [-0.4, -0.2) is 15.3 Å². The number of hydrogen-bond acceptors (Lipinski definition) is 5. The minimum Gasteiger partial charge on any atom is -0.438 e. The highest BCUT2D eigenvalue weighted by Gasteiger charge is 2.18. The van der Waals surface area contributed by atoms with E-state index in [1.807, 2.05) is 44.2 Å². The maximum Gasteiger partial charge on any atom is 0.269 e. The monoisotopic (exact) mass is 492 g/mol. The second-order valence-electron chi connectivity index (χ2n) is 9.86. The normalized spacial score (nSPS) is 11.7. The van der Waals surface area contributed by atoms with Gasteiger partial charge in [-0.25, -0.2) is 0 Å². The lowest BCUT2D eigenvalue weighted by Gasteiger charge is -2.19. The molecule has 0 unspecified atom stereocenters. The van der Waals surface area contributed by atoms with Crippen LogP contribution in [0.1, 0.15) is 43.0 Å². The Labute approximate surface area is 215 Å². The summed E-state index contributed by atoms with van der Waals surface area (Å²) in [6, 6.07) is 20.0. The van der Waals surface area contributed by atoms with E-state index >= 15 is 0 Å². The highest BCUT2D eigenvalue weighted by molar-refractivity contribution is 6.09. The number of nitrogens with one attached hydrogen (secondary N) is 1. The van der Waals surface area contributed by atoms with Crippen LogP contribution in [0, 0.1) is 25.2 Å². The van der Waals surface area contributed by atoms with Crippen molar-refractivity contribution in [3.63, 3.8) is 0 Å². The van der Waals surface area contributed by atoms with Crippen LogP contribution in [0.4, 0.5) is 5.69 Å². The van der Waals surface area contributed by atoms with E-state index in [2.05, 4.69) is 31.1 Å². The van der Waals surface area contributed by atoms with Crippen LogP contribution < -0.4 is 15.6 Å². The first-order chi connectivity index (χ1) is 17.6. The summed E-state index contributed by atoms with van der Waals surface area (Å²) in [5.74, 6) is -0.150. The lowest BCUT2D eigenvalue weighted by atomic mass is 9.87. The van der Waals surface area contributed by atoms with Gasteiger partial charge in [0.25, 0.3) is 11.5 Å². The summed E-state index contributed by atoms with van der Waals surface area (Å²) in [5, 5.41) is 12.5. The van der Waals surface area contributed by atoms with Gasteiger partial charge in [0.1, 0.15) is 28.6 Å². The second kappa shape index (κ2) is 10.1. The third kappa shape index (κ3) is 5.60. The fourth-order valence-corrected chi connectivity index (χ4v) is 3.73. The Hall–Kier alpha value is -4.70. The van der Waals surface area contributed by atoms with Gasteiger partial charge >= 0.3 is 0 Å². The fraction of sp³-hybridized carbons (Fsp3) is 0.200. The van der Waals surface area contributed by atoms with Gasteiger partial charge < -0.3 is 10.1 Å². The van der Waals surface area contributed by atoms with Crippen molar-refractivity contribution in [1.29, 1.82) is 5.26 Å². The molecule has 2 aromatic heterocycles. The molecule has 0 aliphatic heterocycles. The van der Waals surface area contributed by atoms with E-state index in [9.17, 15) is 14.9 Å². The first-order valence-electron chi connectivity index (χ1n) is 11.9. The van der Waals surface area contributed by atoms with Crippen molar-refractivity contribution < 1.29 is 9.53 Å². The predicted molar refractivity (Wildman–Crippen MR) is 145 cm³/mol. The van der Waals surface area contributed by atoms with Crippen molar-refractivity contribution in [2.45, 2.75) is 40.0 Å². The maximum atomic E-state index is 13.4. The van der Waals surface area contributed by atoms with Gasteiger partial charge in [0.15, 0.2) is 0 Å². The molecule has 0 spiro atoms. The standard InChI is InChI=1S/C30H28N4O3/c1-19-9-12-23(16-20(19)2)32-27(35)21(18-31)17-25-28(33-26-8-6-7-15-34(26)29(25)36)37-24-13-10-22(11-14-24)30(3,4)5/h6-17H,1-5H3,(H,32,35)/b21-17+. The SMILES string of the molecule is Cc1ccc(NC(=O)/C(C#N)=C/c2c(Oc3ccc(C(C)(C)C)cc3)nc3ccccn3c2=O)cc1C. The zero-order valence-electron chi connectivity index (χ0n) is 21.5. The van der Waals surface area contributed by atoms with Gasteiger partial charge in [-0.15, -0.1) is 0 Å². The van der Waals surface area contributed by atoms with Crippen molar-refractivity contribution in [2.75, 3.05) is 5.32 Å². The number of hydrogen-bond donors (Lipinski definition) is 1. The summed E-state index contributed by atoms with van der Waals surface area (Å²) >= 11 is 0. The average molecular weight is 493 g/mol. The molecule has 37 heavy (non-hydrogen) atoms. The quantitative estimate of drug-likeness (QED) is 0.274. The summed E-state index contributed by atoms with van der Waals surface area (Å²) in [4.78, 5) is 30.9. The number of carbonyl (C=O) groups is 1. The first kappa shape index (κ1) is 25.4. The number of pyridine rings is 1. The fourth-order valence-electron chi connectivity index (χ4n) is 3.73. The third-order valence-corrected chi connectivity index (χ3v) is 6.09. The Morgan fingerprint density at radius 2 is 1.78 bits per heavy atom. The van der Waals surface area contributed by atoms with Gasteiger partial charge in [0, 0.05) is 11.9 Å². The van der Waals surface area contributed by atoms with Crippen LogP contribution in [0.5, 0.6) is 11.6 Å². The van der Waals surface area contributed by atoms with E-state index < -0.39 is 11.5 Å². The van der Waals surface area contributed by atoms with E-state index in [1.165, 1.54) is 10.5 Å². The van der Waals surface area contributed by atoms with Crippen LogP contribution in [-0.2, 0) is 10.2 Å². The van der Waals surface area contributed by atoms with Gasteiger partial charge in [-0.1, -0.05) is 45.0 Å². The highest BCUT2D eigenvalue weighted by Crippen LogP contribution is 2.28. The number of benzene rings is 2. The molecular weight excluding hydrogens is 464 g/mol. The van der Waals surface area contributed by atoms with Gasteiger partial charge in [-0.3, -0.25) is 14.0 Å². The van der Waals surface area contributed by atoms with Crippen LogP contribution in [0.25, 0.3) is 11.7 Å². The summed E-state index contributed by atoms with van der Waals surface area (Å²) in [7, 11) is 0. The molecule has 1 amide bonds. The van der Waals surface area contributed by atoms with Gasteiger partial charge in [0.2, 0.25) is 5.88 Å². The first-order valence-corrected chi connectivity index (χ1v) is 11.9. The van der Waals surface area contributed by atoms with Crippen molar-refractivity contribution >= 4 is 23.3 Å². The molecule has 0 fully saturated rings. The number of nitriles is 1. The van der Waals surface area contributed by atoms with E-state index in [0.717, 1.165) is 16.7 Å². The van der Waals surface area contributed by atoms with Crippen molar-refractivity contribution in [1.82, 2.24) is 9.38 Å². The minimum atomic E-state index is -0.635. The largest absolute Gasteiger partial charge is 0.438 e. The molecule has 4 rings (SSSR count). The van der Waals surface area contributed by atoms with Gasteiger partial charge in [-0.2, -0.15) is 10.2 Å². The number of nitrogens with zero attached hydrogens (tertiary/aromatic N) is 3. The molecule has 1 N–H and O–H groups in total. The molecule has 2 aromatic carbocycles. The smallest absolute Gasteiger partial charge is 0.269 e. The lowest BCUT2D eigenvalue weighted by Crippen LogP contribution is -2.20. The molecule has 4 aromatic rings. The molecule has 2 heterocycles. The third-order valence-electron chi connectivity index (χ3n) is 6.09. The van der Waals surface area contributed by atoms with Crippen LogP contribution in [0.3, 0.4) is 0 Å². The zero-order valence-corrected chi connectivity index (χ0v) is 21.5. The number of rotatable bonds is 5. The van der Waals surface area contributed by atoms with Gasteiger partial charge in [-0.05, 0) is 78.4 Å². The molecular formula is C30H28N4O3. The average Bonchev–Trinajstić information content (AvgIpc) is 2.86. The zero-order chi connectivity index (χ0) is 26.7. The van der Waals surface area contributed by atoms with Crippen LogP contribution in [0.2, 0.25) is 0 Å². The number of carbonyl (C=O) groups excluding carboxylic acids is 1. The van der Waals surface area contributed by atoms with Crippen molar-refractivity contribution in [2.24, 2.45) is 0 Å². The molecule has 7 heteroatoms. The van der Waals surface area contributed by atoms with Crippen molar-refractivity contribution in [3.05, 3.63) is 105 Å². The predicted octanol–water partition coefficient (Wildman–Crippen LogP) is 5.95. The van der Waals surface area contributed by atoms with Crippen LogP contribution >= 0.6 is 0 Å². The second-order valence-corrected chi connectivity index (χ2v) is 9.86. The number of aryl methyl sites for hydroxylation is 2. The summed E-state index contributed by atoms with van der Waals surface area (Å²) in [6.07, 6.45) is 2.80. The minimum absolute atomic E-state index is 0.00427. The Morgan fingerprint density at radius 1 is 1.05 bits per heavy atom. The van der Waals surface area contributed by atoms with E-state index in [1.54, 1.807) is 42.6 Å². The molecule has 0 aliphatic rings. The highest BCUT2D eigenvalue weighted by atomic mass is 16.5. The molecule has 186 valence electrons. The summed E-state index contributed by atoms with van der Waals surface area (Å²) in [5.41, 5.74) is 3.41. The molecule has 0 saturated carbocycles. The molecule has 7 nitrogen and oxygen atoms in total. The van der Waals surface area contributed by atoms with Crippen LogP contribution in [0.15, 0.2) is 77.2 Å². The van der Waals surface area contributed by atoms with E-state index in [-0.39, 0.29) is 22.4 Å². The van der Waals surface area contributed by atoms with Crippen molar-refractivity contribution in [3.8, 4) is 17.7 Å². The molecule has 0 radical (unpaired) electrons. The number of aromatic nitrogens is 2. The number of anilines is 1. The Kier molecular flexibility index (Phi) is 6.94. The lowest BCUT2D eigenvalue weighted by molar-refractivity contribution is -0.112. The Morgan fingerprint density at radius 3 is 2.43 bits per heavy atom. The van der Waals surface area contributed by atoms with Gasteiger partial charge in [0.05, 0.1) is 0 Å². The molecule has 0 atom stereocenters. The Balaban J connectivity index is 1.76. The number of fused-ring (bicyclic) bond motifs is 1.